The molecular weight excluding hydrogens is 280 g/mol. The summed E-state index contributed by atoms with van der Waals surface area (Å²) in [4.78, 5) is 24.9. The number of rotatable bonds is 5. The van der Waals surface area contributed by atoms with Gasteiger partial charge in [-0.2, -0.15) is 0 Å². The van der Waals surface area contributed by atoms with Crippen LogP contribution in [0.15, 0.2) is 30.0 Å². The van der Waals surface area contributed by atoms with Crippen molar-refractivity contribution in [2.75, 3.05) is 19.5 Å². The Labute approximate surface area is 122 Å². The van der Waals surface area contributed by atoms with Crippen LogP contribution in [0.5, 0.6) is 5.75 Å². The third-order valence-corrected chi connectivity index (χ3v) is 3.15. The van der Waals surface area contributed by atoms with Gasteiger partial charge >= 0.3 is 6.03 Å². The van der Waals surface area contributed by atoms with E-state index in [2.05, 4.69) is 5.32 Å². The van der Waals surface area contributed by atoms with Crippen molar-refractivity contribution >= 4 is 29.6 Å². The lowest BCUT2D eigenvalue weighted by Gasteiger charge is -2.09. The molecule has 1 N–H and O–H groups in total. The van der Waals surface area contributed by atoms with Gasteiger partial charge in [-0.15, -0.1) is 11.6 Å². The Bertz CT molecular complexity index is 557. The van der Waals surface area contributed by atoms with E-state index in [0.29, 0.717) is 24.6 Å². The number of hydrogen-bond donors (Lipinski definition) is 1. The maximum Gasteiger partial charge on any atom is 0.329 e. The molecule has 20 heavy (non-hydrogen) atoms. The molecule has 1 aliphatic rings. The van der Waals surface area contributed by atoms with Crippen LogP contribution in [0.4, 0.5) is 4.79 Å². The number of methoxy groups -OCH3 is 1. The van der Waals surface area contributed by atoms with Crippen molar-refractivity contribution in [3.8, 4) is 5.75 Å². The molecule has 0 aliphatic carbocycles. The molecule has 0 radical (unpaired) electrons. The van der Waals surface area contributed by atoms with Crippen LogP contribution in [0.3, 0.4) is 0 Å². The molecule has 6 heteroatoms. The van der Waals surface area contributed by atoms with E-state index in [-0.39, 0.29) is 11.6 Å². The number of alkyl halides is 1. The molecule has 0 saturated carbocycles. The summed E-state index contributed by atoms with van der Waals surface area (Å²) in [6.45, 7) is 0.323. The van der Waals surface area contributed by atoms with E-state index in [9.17, 15) is 9.59 Å². The number of nitrogens with zero attached hydrogens (tertiary/aromatic N) is 1. The predicted molar refractivity (Wildman–Crippen MR) is 76.6 cm³/mol. The number of amides is 3. The maximum absolute atomic E-state index is 12.1. The highest BCUT2D eigenvalue weighted by Gasteiger charge is 2.32. The SMILES string of the molecule is COc1cccc(C=C2NC(=O)N(CCCCl)C2=O)c1. The van der Waals surface area contributed by atoms with Gasteiger partial charge in [0.25, 0.3) is 5.91 Å². The lowest BCUT2D eigenvalue weighted by atomic mass is 10.2. The van der Waals surface area contributed by atoms with Gasteiger partial charge in [0.2, 0.25) is 0 Å². The standard InChI is InChI=1S/C14H15ClN2O3/c1-20-11-5-2-4-10(8-11)9-12-13(18)17(7-3-6-15)14(19)16-12/h2,4-5,8-9H,3,6-7H2,1H3,(H,16,19). The van der Waals surface area contributed by atoms with E-state index >= 15 is 0 Å². The van der Waals surface area contributed by atoms with Gasteiger partial charge < -0.3 is 10.1 Å². The summed E-state index contributed by atoms with van der Waals surface area (Å²) in [5, 5.41) is 2.56. The van der Waals surface area contributed by atoms with Crippen molar-refractivity contribution in [3.63, 3.8) is 0 Å². The Morgan fingerprint density at radius 3 is 2.90 bits per heavy atom. The third kappa shape index (κ3) is 3.11. The number of nitrogens with one attached hydrogen (secondary N) is 1. The smallest absolute Gasteiger partial charge is 0.329 e. The fourth-order valence-corrected chi connectivity index (χ4v) is 2.01. The number of carbonyl (C=O) groups is 2. The van der Waals surface area contributed by atoms with Crippen LogP contribution in [-0.4, -0.2) is 36.4 Å². The van der Waals surface area contributed by atoms with E-state index in [0.717, 1.165) is 10.5 Å². The van der Waals surface area contributed by atoms with Gasteiger partial charge in [0.15, 0.2) is 0 Å². The summed E-state index contributed by atoms with van der Waals surface area (Å²) in [5.74, 6) is 0.768. The van der Waals surface area contributed by atoms with Gasteiger partial charge in [-0.1, -0.05) is 12.1 Å². The molecule has 1 aliphatic heterocycles. The van der Waals surface area contributed by atoms with Crippen molar-refractivity contribution in [3.05, 3.63) is 35.5 Å². The maximum atomic E-state index is 12.1. The summed E-state index contributed by atoms with van der Waals surface area (Å²) in [6.07, 6.45) is 2.20. The van der Waals surface area contributed by atoms with Crippen molar-refractivity contribution in [1.29, 1.82) is 0 Å². The van der Waals surface area contributed by atoms with Gasteiger partial charge in [-0.3, -0.25) is 9.69 Å². The van der Waals surface area contributed by atoms with E-state index in [1.54, 1.807) is 19.3 Å². The first-order chi connectivity index (χ1) is 9.65. The van der Waals surface area contributed by atoms with E-state index in [4.69, 9.17) is 16.3 Å². The summed E-state index contributed by atoms with van der Waals surface area (Å²) in [7, 11) is 1.57. The Balaban J connectivity index is 2.18. The van der Waals surface area contributed by atoms with E-state index in [1.807, 2.05) is 18.2 Å². The van der Waals surface area contributed by atoms with Gasteiger partial charge in [-0.05, 0) is 30.2 Å². The van der Waals surface area contributed by atoms with Crippen LogP contribution in [0.2, 0.25) is 0 Å². The second-order valence-electron chi connectivity index (χ2n) is 4.26. The minimum absolute atomic E-state index is 0.262. The average Bonchev–Trinajstić information content (AvgIpc) is 2.72. The summed E-state index contributed by atoms with van der Waals surface area (Å²) in [5.41, 5.74) is 1.05. The molecule has 0 atom stereocenters. The predicted octanol–water partition coefficient (Wildman–Crippen LogP) is 2.22. The molecule has 5 nitrogen and oxygen atoms in total. The Kier molecular flexibility index (Phi) is 4.63. The molecule has 1 aromatic carbocycles. The van der Waals surface area contributed by atoms with Crippen LogP contribution in [0, 0.1) is 0 Å². The zero-order valence-corrected chi connectivity index (χ0v) is 11.8. The molecule has 3 amide bonds. The number of halogens is 1. The quantitative estimate of drug-likeness (QED) is 0.515. The van der Waals surface area contributed by atoms with Gasteiger partial charge in [-0.25, -0.2) is 4.79 Å². The zero-order valence-electron chi connectivity index (χ0n) is 11.1. The first kappa shape index (κ1) is 14.4. The molecule has 2 rings (SSSR count). The Morgan fingerprint density at radius 1 is 1.40 bits per heavy atom. The molecule has 1 heterocycles. The average molecular weight is 295 g/mol. The molecule has 0 aromatic heterocycles. The van der Waals surface area contributed by atoms with Crippen LogP contribution in [0.25, 0.3) is 6.08 Å². The van der Waals surface area contributed by atoms with Crippen LogP contribution < -0.4 is 10.1 Å². The summed E-state index contributed by atoms with van der Waals surface area (Å²) < 4.78 is 5.11. The lowest BCUT2D eigenvalue weighted by molar-refractivity contribution is -0.122. The molecule has 0 unspecified atom stereocenters. The number of ether oxygens (including phenoxy) is 1. The number of carbonyl (C=O) groups excluding carboxylic acids is 2. The molecule has 0 bridgehead atoms. The molecule has 1 aromatic rings. The van der Waals surface area contributed by atoms with Crippen LogP contribution >= 0.6 is 11.6 Å². The monoisotopic (exact) mass is 294 g/mol. The molecule has 0 spiro atoms. The molecule has 106 valence electrons. The second kappa shape index (κ2) is 6.43. The van der Waals surface area contributed by atoms with Gasteiger partial charge in [0.1, 0.15) is 11.4 Å². The van der Waals surface area contributed by atoms with Crippen LogP contribution in [-0.2, 0) is 4.79 Å². The zero-order chi connectivity index (χ0) is 14.5. The highest BCUT2D eigenvalue weighted by atomic mass is 35.5. The minimum atomic E-state index is -0.408. The largest absolute Gasteiger partial charge is 0.497 e. The highest BCUT2D eigenvalue weighted by Crippen LogP contribution is 2.18. The molecular formula is C14H15ClN2O3. The number of urea groups is 1. The number of hydrogen-bond acceptors (Lipinski definition) is 3. The molecule has 1 fully saturated rings. The van der Waals surface area contributed by atoms with Crippen molar-refractivity contribution < 1.29 is 14.3 Å². The third-order valence-electron chi connectivity index (χ3n) is 2.88. The fraction of sp³-hybridized carbons (Fsp3) is 0.286. The van der Waals surface area contributed by atoms with Crippen molar-refractivity contribution in [2.45, 2.75) is 6.42 Å². The van der Waals surface area contributed by atoms with E-state index < -0.39 is 6.03 Å². The summed E-state index contributed by atoms with van der Waals surface area (Å²) in [6, 6.07) is 6.83. The summed E-state index contributed by atoms with van der Waals surface area (Å²) >= 11 is 5.58. The fourth-order valence-electron chi connectivity index (χ4n) is 1.89. The highest BCUT2D eigenvalue weighted by molar-refractivity contribution is 6.18. The second-order valence-corrected chi connectivity index (χ2v) is 4.64. The Hall–Kier alpha value is -2.01. The normalized spacial score (nSPS) is 16.7. The van der Waals surface area contributed by atoms with Crippen LogP contribution in [0.1, 0.15) is 12.0 Å². The van der Waals surface area contributed by atoms with Gasteiger partial charge in [0.05, 0.1) is 7.11 Å². The minimum Gasteiger partial charge on any atom is -0.497 e. The lowest BCUT2D eigenvalue weighted by Crippen LogP contribution is -2.31. The number of imide groups is 1. The first-order valence-electron chi connectivity index (χ1n) is 6.20. The van der Waals surface area contributed by atoms with Gasteiger partial charge in [0, 0.05) is 12.4 Å². The topological polar surface area (TPSA) is 58.6 Å². The molecule has 1 saturated heterocycles. The Morgan fingerprint density at radius 2 is 2.20 bits per heavy atom. The van der Waals surface area contributed by atoms with Crippen molar-refractivity contribution in [1.82, 2.24) is 10.2 Å². The van der Waals surface area contributed by atoms with Crippen molar-refractivity contribution in [2.24, 2.45) is 0 Å². The first-order valence-corrected chi connectivity index (χ1v) is 6.73. The van der Waals surface area contributed by atoms with E-state index in [1.165, 1.54) is 0 Å². The number of benzene rings is 1.